The summed E-state index contributed by atoms with van der Waals surface area (Å²) in [5, 5.41) is 13.3. The highest BCUT2D eigenvalue weighted by atomic mass is 16.3. The van der Waals surface area contributed by atoms with Crippen LogP contribution in [0.5, 0.6) is 0 Å². The van der Waals surface area contributed by atoms with Crippen LogP contribution in [0, 0.1) is 0 Å². The van der Waals surface area contributed by atoms with Gasteiger partial charge in [-0.05, 0) is 25.8 Å². The van der Waals surface area contributed by atoms with Crippen LogP contribution in [0.25, 0.3) is 0 Å². The summed E-state index contributed by atoms with van der Waals surface area (Å²) in [4.78, 5) is 4.25. The molecule has 0 aliphatic carbocycles. The van der Waals surface area contributed by atoms with Crippen LogP contribution in [-0.2, 0) is 13.5 Å². The Kier molecular flexibility index (Phi) is 3.38. The van der Waals surface area contributed by atoms with E-state index >= 15 is 0 Å². The van der Waals surface area contributed by atoms with E-state index in [1.807, 2.05) is 17.8 Å². The molecule has 0 saturated carbocycles. The van der Waals surface area contributed by atoms with Gasteiger partial charge in [0, 0.05) is 31.9 Å². The molecule has 0 bridgehead atoms. The van der Waals surface area contributed by atoms with Crippen LogP contribution in [-0.4, -0.2) is 33.3 Å². The Balaban J connectivity index is 1.80. The lowest BCUT2D eigenvalue weighted by atomic mass is 10.0. The summed E-state index contributed by atoms with van der Waals surface area (Å²) in [7, 11) is 1.99. The Bertz CT molecular complexity index is 305. The molecule has 0 radical (unpaired) electrons. The summed E-state index contributed by atoms with van der Waals surface area (Å²) in [5.41, 5.74) is 0. The van der Waals surface area contributed by atoms with Crippen molar-refractivity contribution in [2.45, 2.75) is 37.8 Å². The molecule has 2 heterocycles. The van der Waals surface area contributed by atoms with E-state index in [0.717, 1.165) is 31.6 Å². The molecular weight excluding hydrogens is 190 g/mol. The molecule has 2 atom stereocenters. The zero-order valence-electron chi connectivity index (χ0n) is 9.19. The number of hydrogen-bond acceptors (Lipinski definition) is 3. The van der Waals surface area contributed by atoms with E-state index in [-0.39, 0.29) is 6.10 Å². The molecule has 0 spiro atoms. The van der Waals surface area contributed by atoms with Crippen molar-refractivity contribution in [3.05, 3.63) is 18.2 Å². The Labute approximate surface area is 90.3 Å². The van der Waals surface area contributed by atoms with Gasteiger partial charge in [0.1, 0.15) is 5.82 Å². The lowest BCUT2D eigenvalue weighted by Crippen LogP contribution is -2.35. The average Bonchev–Trinajstić information content (AvgIpc) is 2.85. The molecule has 2 rings (SSSR count). The van der Waals surface area contributed by atoms with Gasteiger partial charge in [-0.15, -0.1) is 0 Å². The zero-order valence-corrected chi connectivity index (χ0v) is 9.19. The minimum atomic E-state index is -0.232. The van der Waals surface area contributed by atoms with Crippen molar-refractivity contribution in [1.82, 2.24) is 14.9 Å². The van der Waals surface area contributed by atoms with Gasteiger partial charge in [0.2, 0.25) is 0 Å². The van der Waals surface area contributed by atoms with Gasteiger partial charge in [0.15, 0.2) is 0 Å². The van der Waals surface area contributed by atoms with Crippen molar-refractivity contribution in [3.8, 4) is 0 Å². The predicted octanol–water partition coefficient (Wildman–Crippen LogP) is 0.466. The predicted molar refractivity (Wildman–Crippen MR) is 58.6 cm³/mol. The highest BCUT2D eigenvalue weighted by Gasteiger charge is 2.22. The number of nitrogens with one attached hydrogen (secondary N) is 1. The molecule has 1 fully saturated rings. The summed E-state index contributed by atoms with van der Waals surface area (Å²) in [6, 6.07) is 0.297. The Morgan fingerprint density at radius 2 is 2.60 bits per heavy atom. The minimum Gasteiger partial charge on any atom is -0.391 e. The molecule has 0 amide bonds. The van der Waals surface area contributed by atoms with Crippen LogP contribution in [0.3, 0.4) is 0 Å². The smallest absolute Gasteiger partial charge is 0.108 e. The fraction of sp³-hybridized carbons (Fsp3) is 0.727. The van der Waals surface area contributed by atoms with Crippen LogP contribution < -0.4 is 5.32 Å². The second kappa shape index (κ2) is 4.77. The van der Waals surface area contributed by atoms with E-state index in [9.17, 15) is 5.11 Å². The van der Waals surface area contributed by atoms with E-state index in [4.69, 9.17) is 0 Å². The zero-order chi connectivity index (χ0) is 10.7. The SMILES string of the molecule is Cn1ccnc1CCC(O)C1CCCN1. The van der Waals surface area contributed by atoms with E-state index in [0.29, 0.717) is 6.04 Å². The lowest BCUT2D eigenvalue weighted by Gasteiger charge is -2.17. The van der Waals surface area contributed by atoms with E-state index in [1.54, 1.807) is 6.20 Å². The van der Waals surface area contributed by atoms with Gasteiger partial charge >= 0.3 is 0 Å². The minimum absolute atomic E-state index is 0.232. The molecule has 15 heavy (non-hydrogen) atoms. The summed E-state index contributed by atoms with van der Waals surface area (Å²) in [6.07, 6.45) is 7.44. The number of hydrogen-bond donors (Lipinski definition) is 2. The van der Waals surface area contributed by atoms with Gasteiger partial charge in [0.05, 0.1) is 6.10 Å². The summed E-state index contributed by atoms with van der Waals surface area (Å²) in [6.45, 7) is 1.05. The van der Waals surface area contributed by atoms with Crippen LogP contribution >= 0.6 is 0 Å². The first-order valence-electron chi connectivity index (χ1n) is 5.65. The van der Waals surface area contributed by atoms with Crippen molar-refractivity contribution in [1.29, 1.82) is 0 Å². The molecule has 84 valence electrons. The van der Waals surface area contributed by atoms with Crippen molar-refractivity contribution in [3.63, 3.8) is 0 Å². The lowest BCUT2D eigenvalue weighted by molar-refractivity contribution is 0.126. The number of aliphatic hydroxyl groups excluding tert-OH is 1. The van der Waals surface area contributed by atoms with Crippen molar-refractivity contribution in [2.75, 3.05) is 6.54 Å². The molecule has 2 unspecified atom stereocenters. The third kappa shape index (κ3) is 2.58. The Morgan fingerprint density at radius 1 is 1.73 bits per heavy atom. The van der Waals surface area contributed by atoms with Gasteiger partial charge in [0.25, 0.3) is 0 Å². The molecule has 1 aromatic heterocycles. The van der Waals surface area contributed by atoms with E-state index in [1.165, 1.54) is 6.42 Å². The van der Waals surface area contributed by atoms with E-state index in [2.05, 4.69) is 10.3 Å². The molecule has 1 aromatic rings. The van der Waals surface area contributed by atoms with Gasteiger partial charge < -0.3 is 15.0 Å². The maximum Gasteiger partial charge on any atom is 0.108 e. The number of aromatic nitrogens is 2. The third-order valence-electron chi connectivity index (χ3n) is 3.15. The quantitative estimate of drug-likeness (QED) is 0.757. The molecule has 4 nitrogen and oxygen atoms in total. The number of aliphatic hydroxyl groups is 1. The summed E-state index contributed by atoms with van der Waals surface area (Å²) >= 11 is 0. The van der Waals surface area contributed by atoms with Crippen LogP contribution in [0.4, 0.5) is 0 Å². The van der Waals surface area contributed by atoms with Gasteiger partial charge in [-0.25, -0.2) is 4.98 Å². The first-order chi connectivity index (χ1) is 7.27. The number of aryl methyl sites for hydroxylation is 2. The number of nitrogens with zero attached hydrogens (tertiary/aromatic N) is 2. The summed E-state index contributed by atoms with van der Waals surface area (Å²) in [5.74, 6) is 1.05. The van der Waals surface area contributed by atoms with Crippen LogP contribution in [0.15, 0.2) is 12.4 Å². The Hall–Kier alpha value is -0.870. The monoisotopic (exact) mass is 209 g/mol. The molecule has 0 aromatic carbocycles. The van der Waals surface area contributed by atoms with Gasteiger partial charge in [-0.1, -0.05) is 0 Å². The van der Waals surface area contributed by atoms with Crippen molar-refractivity contribution >= 4 is 0 Å². The third-order valence-corrected chi connectivity index (χ3v) is 3.15. The fourth-order valence-corrected chi connectivity index (χ4v) is 2.16. The molecule has 1 saturated heterocycles. The van der Waals surface area contributed by atoms with E-state index < -0.39 is 0 Å². The van der Waals surface area contributed by atoms with Crippen LogP contribution in [0.1, 0.15) is 25.1 Å². The first kappa shape index (κ1) is 10.6. The molecule has 2 N–H and O–H groups in total. The average molecular weight is 209 g/mol. The summed E-state index contributed by atoms with van der Waals surface area (Å²) < 4.78 is 2.01. The number of rotatable bonds is 4. The molecule has 4 heteroatoms. The van der Waals surface area contributed by atoms with Gasteiger partial charge in [-0.3, -0.25) is 0 Å². The standard InChI is InChI=1S/C11H19N3O/c1-14-8-7-13-11(14)5-4-10(15)9-3-2-6-12-9/h7-10,12,15H,2-6H2,1H3. The fourth-order valence-electron chi connectivity index (χ4n) is 2.16. The van der Waals surface area contributed by atoms with Gasteiger partial charge in [-0.2, -0.15) is 0 Å². The second-order valence-corrected chi connectivity index (χ2v) is 4.26. The highest BCUT2D eigenvalue weighted by Crippen LogP contribution is 2.13. The second-order valence-electron chi connectivity index (χ2n) is 4.26. The van der Waals surface area contributed by atoms with Crippen molar-refractivity contribution < 1.29 is 5.11 Å². The molecular formula is C11H19N3O. The maximum absolute atomic E-state index is 9.94. The maximum atomic E-state index is 9.94. The normalized spacial score (nSPS) is 23.2. The highest BCUT2D eigenvalue weighted by molar-refractivity contribution is 4.93. The largest absolute Gasteiger partial charge is 0.391 e. The molecule has 1 aliphatic heterocycles. The Morgan fingerprint density at radius 3 is 3.20 bits per heavy atom. The van der Waals surface area contributed by atoms with Crippen LogP contribution in [0.2, 0.25) is 0 Å². The van der Waals surface area contributed by atoms with Crippen molar-refractivity contribution in [2.24, 2.45) is 7.05 Å². The molecule has 1 aliphatic rings. The topological polar surface area (TPSA) is 50.1 Å². The first-order valence-corrected chi connectivity index (χ1v) is 5.65. The number of imidazole rings is 1.